The van der Waals surface area contributed by atoms with Crippen molar-refractivity contribution >= 4 is 23.4 Å². The van der Waals surface area contributed by atoms with E-state index in [2.05, 4.69) is 23.2 Å². The number of hydrogen-bond acceptors (Lipinski definition) is 6. The molecule has 32 heavy (non-hydrogen) atoms. The summed E-state index contributed by atoms with van der Waals surface area (Å²) in [5.41, 5.74) is 3.03. The number of rotatable bonds is 6. The molecule has 1 atom stereocenters. The van der Waals surface area contributed by atoms with Gasteiger partial charge in [0.1, 0.15) is 5.75 Å². The van der Waals surface area contributed by atoms with E-state index in [0.29, 0.717) is 16.7 Å². The molecular formula is C24H22N4O3S. The molecule has 0 unspecified atom stereocenters. The Bertz CT molecular complexity index is 1250. The van der Waals surface area contributed by atoms with Gasteiger partial charge in [0.2, 0.25) is 11.7 Å². The number of amides is 1. The fourth-order valence-electron chi connectivity index (χ4n) is 4.05. The van der Waals surface area contributed by atoms with Crippen molar-refractivity contribution in [2.24, 2.45) is 0 Å². The van der Waals surface area contributed by atoms with Gasteiger partial charge in [-0.15, -0.1) is 10.2 Å². The normalized spacial score (nSPS) is 15.1. The third-order valence-electron chi connectivity index (χ3n) is 5.49. The van der Waals surface area contributed by atoms with E-state index in [1.54, 1.807) is 13.4 Å². The zero-order valence-electron chi connectivity index (χ0n) is 17.8. The summed E-state index contributed by atoms with van der Waals surface area (Å²) in [6.45, 7) is 2.08. The first-order valence-corrected chi connectivity index (χ1v) is 11.3. The summed E-state index contributed by atoms with van der Waals surface area (Å²) in [5, 5.41) is 9.33. The van der Waals surface area contributed by atoms with Crippen LogP contribution < -0.4 is 9.64 Å². The lowest BCUT2D eigenvalue weighted by atomic mass is 10.1. The molecule has 0 saturated carbocycles. The van der Waals surface area contributed by atoms with Crippen LogP contribution in [0.4, 0.5) is 5.69 Å². The maximum Gasteiger partial charge on any atom is 0.237 e. The SMILES string of the molecule is COc1cccc(-n2c(SCC(=O)N3c4ccccc4C[C@@H]3C)nnc2-c2ccco2)c1. The molecule has 3 heterocycles. The predicted molar refractivity (Wildman–Crippen MR) is 123 cm³/mol. The number of furan rings is 1. The number of anilines is 1. The molecule has 1 amide bonds. The number of hydrogen-bond donors (Lipinski definition) is 0. The summed E-state index contributed by atoms with van der Waals surface area (Å²) < 4.78 is 12.9. The second-order valence-electron chi connectivity index (χ2n) is 7.55. The Hall–Kier alpha value is -3.52. The van der Waals surface area contributed by atoms with Crippen molar-refractivity contribution in [3.8, 4) is 23.0 Å². The molecule has 1 aliphatic heterocycles. The zero-order valence-corrected chi connectivity index (χ0v) is 18.6. The molecule has 4 aromatic rings. The molecule has 5 rings (SSSR count). The lowest BCUT2D eigenvalue weighted by molar-refractivity contribution is -0.116. The monoisotopic (exact) mass is 446 g/mol. The molecule has 0 spiro atoms. The van der Waals surface area contributed by atoms with Crippen LogP contribution in [0.5, 0.6) is 5.75 Å². The maximum absolute atomic E-state index is 13.2. The van der Waals surface area contributed by atoms with Crippen molar-refractivity contribution in [2.45, 2.75) is 24.5 Å². The van der Waals surface area contributed by atoms with E-state index in [1.807, 2.05) is 64.1 Å². The predicted octanol–water partition coefficient (Wildman–Crippen LogP) is 4.61. The average Bonchev–Trinajstić information content (AvgIpc) is 3.55. The first kappa shape index (κ1) is 20.4. The molecule has 2 aromatic carbocycles. The molecule has 7 nitrogen and oxygen atoms in total. The fourth-order valence-corrected chi connectivity index (χ4v) is 4.86. The summed E-state index contributed by atoms with van der Waals surface area (Å²) in [7, 11) is 1.63. The van der Waals surface area contributed by atoms with Crippen LogP contribution in [0.15, 0.2) is 76.5 Å². The van der Waals surface area contributed by atoms with Crippen LogP contribution in [0, 0.1) is 0 Å². The highest BCUT2D eigenvalue weighted by Gasteiger charge is 2.31. The van der Waals surface area contributed by atoms with Crippen LogP contribution in [0.1, 0.15) is 12.5 Å². The molecule has 2 aromatic heterocycles. The molecule has 0 aliphatic carbocycles. The van der Waals surface area contributed by atoms with E-state index in [0.717, 1.165) is 23.5 Å². The molecule has 0 N–H and O–H groups in total. The number of carbonyl (C=O) groups is 1. The summed E-state index contributed by atoms with van der Waals surface area (Å²) in [4.78, 5) is 15.1. The third kappa shape index (κ3) is 3.67. The second kappa shape index (κ2) is 8.55. The van der Waals surface area contributed by atoms with Gasteiger partial charge in [-0.05, 0) is 49.2 Å². The number of nitrogens with zero attached hydrogens (tertiary/aromatic N) is 4. The minimum absolute atomic E-state index is 0.0483. The van der Waals surface area contributed by atoms with E-state index in [9.17, 15) is 4.79 Å². The first-order chi connectivity index (χ1) is 15.7. The number of aromatic nitrogens is 3. The number of para-hydroxylation sites is 1. The van der Waals surface area contributed by atoms with Crippen LogP contribution in [0.25, 0.3) is 17.3 Å². The van der Waals surface area contributed by atoms with Crippen LogP contribution in [-0.4, -0.2) is 39.6 Å². The second-order valence-corrected chi connectivity index (χ2v) is 8.50. The van der Waals surface area contributed by atoms with Crippen molar-refractivity contribution in [1.29, 1.82) is 0 Å². The largest absolute Gasteiger partial charge is 0.497 e. The quantitative estimate of drug-likeness (QED) is 0.403. The summed E-state index contributed by atoms with van der Waals surface area (Å²) in [6, 6.07) is 19.5. The first-order valence-electron chi connectivity index (χ1n) is 10.3. The van der Waals surface area contributed by atoms with Gasteiger partial charge >= 0.3 is 0 Å². The molecule has 0 fully saturated rings. The van der Waals surface area contributed by atoms with E-state index in [4.69, 9.17) is 9.15 Å². The highest BCUT2D eigenvalue weighted by molar-refractivity contribution is 7.99. The van der Waals surface area contributed by atoms with Gasteiger partial charge in [-0.25, -0.2) is 0 Å². The average molecular weight is 447 g/mol. The Morgan fingerprint density at radius 1 is 1.16 bits per heavy atom. The Balaban J connectivity index is 1.45. The van der Waals surface area contributed by atoms with E-state index in [-0.39, 0.29) is 17.7 Å². The molecule has 162 valence electrons. The lowest BCUT2D eigenvalue weighted by Crippen LogP contribution is -2.37. The summed E-state index contributed by atoms with van der Waals surface area (Å²) in [6.07, 6.45) is 2.47. The molecular weight excluding hydrogens is 424 g/mol. The smallest absolute Gasteiger partial charge is 0.237 e. The Kier molecular flexibility index (Phi) is 5.45. The number of thioether (sulfide) groups is 1. The van der Waals surface area contributed by atoms with Crippen LogP contribution in [0.3, 0.4) is 0 Å². The van der Waals surface area contributed by atoms with Crippen molar-refractivity contribution in [2.75, 3.05) is 17.8 Å². The standard InChI is InChI=1S/C24H22N4O3S/c1-16-13-17-7-3-4-10-20(17)27(16)22(29)15-32-24-26-25-23(21-11-6-12-31-21)28(24)18-8-5-9-19(14-18)30-2/h3-12,14,16H,13,15H2,1-2H3/t16-/m0/s1. The van der Waals surface area contributed by atoms with Crippen LogP contribution >= 0.6 is 11.8 Å². The highest BCUT2D eigenvalue weighted by atomic mass is 32.2. The molecule has 0 saturated heterocycles. The highest BCUT2D eigenvalue weighted by Crippen LogP contribution is 2.34. The molecule has 8 heteroatoms. The summed E-state index contributed by atoms with van der Waals surface area (Å²) >= 11 is 1.36. The minimum atomic E-state index is 0.0483. The third-order valence-corrected chi connectivity index (χ3v) is 6.40. The molecule has 0 radical (unpaired) electrons. The van der Waals surface area contributed by atoms with Gasteiger partial charge in [0.15, 0.2) is 10.9 Å². The number of methoxy groups -OCH3 is 1. The fraction of sp³-hybridized carbons (Fsp3) is 0.208. The topological polar surface area (TPSA) is 73.4 Å². The zero-order chi connectivity index (χ0) is 22.1. The van der Waals surface area contributed by atoms with E-state index in [1.165, 1.54) is 17.3 Å². The number of benzene rings is 2. The van der Waals surface area contributed by atoms with Gasteiger partial charge in [0.25, 0.3) is 0 Å². The van der Waals surface area contributed by atoms with Crippen molar-refractivity contribution in [3.63, 3.8) is 0 Å². The van der Waals surface area contributed by atoms with Gasteiger partial charge in [-0.2, -0.15) is 0 Å². The minimum Gasteiger partial charge on any atom is -0.497 e. The van der Waals surface area contributed by atoms with Gasteiger partial charge in [-0.3, -0.25) is 9.36 Å². The van der Waals surface area contributed by atoms with Gasteiger partial charge < -0.3 is 14.1 Å². The van der Waals surface area contributed by atoms with Gasteiger partial charge in [0, 0.05) is 17.8 Å². The van der Waals surface area contributed by atoms with Gasteiger partial charge in [-0.1, -0.05) is 36.0 Å². The van der Waals surface area contributed by atoms with E-state index >= 15 is 0 Å². The van der Waals surface area contributed by atoms with Crippen molar-refractivity contribution < 1.29 is 13.9 Å². The maximum atomic E-state index is 13.2. The Labute approximate surface area is 190 Å². The number of ether oxygens (including phenoxy) is 1. The lowest BCUT2D eigenvalue weighted by Gasteiger charge is -2.22. The Morgan fingerprint density at radius 2 is 2.03 bits per heavy atom. The van der Waals surface area contributed by atoms with Crippen molar-refractivity contribution in [1.82, 2.24) is 14.8 Å². The van der Waals surface area contributed by atoms with Crippen molar-refractivity contribution in [3.05, 3.63) is 72.5 Å². The van der Waals surface area contributed by atoms with Crippen LogP contribution in [0.2, 0.25) is 0 Å². The van der Waals surface area contributed by atoms with E-state index < -0.39 is 0 Å². The number of fused-ring (bicyclic) bond motifs is 1. The molecule has 1 aliphatic rings. The van der Waals surface area contributed by atoms with Gasteiger partial charge in [0.05, 0.1) is 24.8 Å². The van der Waals surface area contributed by atoms with Crippen LogP contribution in [-0.2, 0) is 11.2 Å². The Morgan fingerprint density at radius 3 is 2.84 bits per heavy atom. The summed E-state index contributed by atoms with van der Waals surface area (Å²) in [5.74, 6) is 2.18. The molecule has 0 bridgehead atoms. The number of carbonyl (C=O) groups excluding carboxylic acids is 1.